The van der Waals surface area contributed by atoms with Crippen LogP contribution >= 0.6 is 24.8 Å². The highest BCUT2D eigenvalue weighted by Crippen LogP contribution is 2.24. The van der Waals surface area contributed by atoms with Crippen LogP contribution in [0.5, 0.6) is 0 Å². The lowest BCUT2D eigenvalue weighted by Crippen LogP contribution is -2.49. The van der Waals surface area contributed by atoms with Gasteiger partial charge in [-0.1, -0.05) is 6.92 Å². The van der Waals surface area contributed by atoms with Crippen molar-refractivity contribution in [2.24, 2.45) is 11.7 Å². The molecule has 1 fully saturated rings. The molecule has 2 unspecified atom stereocenters. The highest BCUT2D eigenvalue weighted by atomic mass is 35.5. The van der Waals surface area contributed by atoms with Gasteiger partial charge in [-0.3, -0.25) is 9.78 Å². The van der Waals surface area contributed by atoms with Gasteiger partial charge in [0, 0.05) is 31.5 Å². The molecule has 2 heterocycles. The first-order chi connectivity index (χ1) is 8.63. The summed E-state index contributed by atoms with van der Waals surface area (Å²) in [5.74, 6) is 0.723. The van der Waals surface area contributed by atoms with Crippen LogP contribution in [0, 0.1) is 12.8 Å². The Bertz CT molecular complexity index is 442. The summed E-state index contributed by atoms with van der Waals surface area (Å²) in [5.41, 5.74) is 7.48. The third-order valence-electron chi connectivity index (χ3n) is 3.78. The normalized spacial score (nSPS) is 21.6. The average molecular weight is 320 g/mol. The molecule has 2 atom stereocenters. The van der Waals surface area contributed by atoms with Gasteiger partial charge < -0.3 is 10.6 Å². The van der Waals surface area contributed by atoms with Gasteiger partial charge in [-0.05, 0) is 37.3 Å². The van der Waals surface area contributed by atoms with Crippen molar-refractivity contribution in [2.75, 3.05) is 13.1 Å². The van der Waals surface area contributed by atoms with Gasteiger partial charge in [0.1, 0.15) is 0 Å². The Morgan fingerprint density at radius 1 is 1.50 bits per heavy atom. The fourth-order valence-corrected chi connectivity index (χ4v) is 2.59. The summed E-state index contributed by atoms with van der Waals surface area (Å²) < 4.78 is 0. The van der Waals surface area contributed by atoms with Crippen molar-refractivity contribution in [3.63, 3.8) is 0 Å². The molecule has 2 rings (SSSR count). The van der Waals surface area contributed by atoms with Crippen molar-refractivity contribution in [3.05, 3.63) is 29.6 Å². The number of carbonyl (C=O) groups excluding carboxylic acids is 1. The van der Waals surface area contributed by atoms with Crippen LogP contribution in [0.4, 0.5) is 0 Å². The van der Waals surface area contributed by atoms with E-state index in [0.717, 1.165) is 24.9 Å². The quantitative estimate of drug-likeness (QED) is 0.910. The number of nitrogens with two attached hydrogens (primary N) is 1. The molecule has 1 aromatic heterocycles. The second-order valence-electron chi connectivity index (χ2n) is 5.21. The van der Waals surface area contributed by atoms with Crippen LogP contribution in [-0.2, 0) is 0 Å². The zero-order valence-electron chi connectivity index (χ0n) is 11.9. The second kappa shape index (κ2) is 8.45. The zero-order chi connectivity index (χ0) is 13.1. The minimum atomic E-state index is 0. The Morgan fingerprint density at radius 3 is 2.80 bits per heavy atom. The lowest BCUT2D eigenvalue weighted by atomic mass is 9.91. The number of amides is 1. The van der Waals surface area contributed by atoms with Gasteiger partial charge in [-0.15, -0.1) is 24.8 Å². The molecule has 6 heteroatoms. The maximum Gasteiger partial charge on any atom is 0.255 e. The van der Waals surface area contributed by atoms with Gasteiger partial charge in [-0.2, -0.15) is 0 Å². The number of piperidine rings is 1. The van der Waals surface area contributed by atoms with E-state index in [2.05, 4.69) is 11.9 Å². The molecule has 114 valence electrons. The monoisotopic (exact) mass is 319 g/mol. The maximum atomic E-state index is 12.5. The minimum Gasteiger partial charge on any atom is -0.334 e. The van der Waals surface area contributed by atoms with Crippen molar-refractivity contribution < 1.29 is 4.79 Å². The third-order valence-corrected chi connectivity index (χ3v) is 3.78. The first-order valence-electron chi connectivity index (χ1n) is 6.55. The standard InChI is InChI=1S/C14H21N3O.2ClH/c1-10-4-6-17(12(7-10)8-15)14(18)13-9-16-5-3-11(13)2;;/h3,5,9-10,12H,4,6-8,15H2,1-2H3;2*1H. The molecule has 0 bridgehead atoms. The number of rotatable bonds is 2. The van der Waals surface area contributed by atoms with Crippen LogP contribution in [-0.4, -0.2) is 34.9 Å². The van der Waals surface area contributed by atoms with Crippen LogP contribution in [0.15, 0.2) is 18.5 Å². The van der Waals surface area contributed by atoms with Crippen molar-refractivity contribution in [3.8, 4) is 0 Å². The molecule has 1 aliphatic rings. The van der Waals surface area contributed by atoms with Gasteiger partial charge in [0.2, 0.25) is 0 Å². The van der Waals surface area contributed by atoms with E-state index in [1.165, 1.54) is 0 Å². The van der Waals surface area contributed by atoms with Crippen LogP contribution in [0.25, 0.3) is 0 Å². The number of pyridine rings is 1. The number of hydrogen-bond acceptors (Lipinski definition) is 3. The van der Waals surface area contributed by atoms with Gasteiger partial charge in [0.05, 0.1) is 5.56 Å². The second-order valence-corrected chi connectivity index (χ2v) is 5.21. The van der Waals surface area contributed by atoms with Crippen molar-refractivity contribution >= 4 is 30.7 Å². The molecule has 1 aromatic rings. The molecule has 0 saturated carbocycles. The molecule has 20 heavy (non-hydrogen) atoms. The van der Waals surface area contributed by atoms with E-state index in [4.69, 9.17) is 5.73 Å². The molecule has 0 aromatic carbocycles. The van der Waals surface area contributed by atoms with E-state index < -0.39 is 0 Å². The Kier molecular flexibility index (Phi) is 8.09. The lowest BCUT2D eigenvalue weighted by molar-refractivity contribution is 0.0572. The summed E-state index contributed by atoms with van der Waals surface area (Å²) in [5, 5.41) is 0. The molecular weight excluding hydrogens is 297 g/mol. The van der Waals surface area contributed by atoms with E-state index in [0.29, 0.717) is 18.0 Å². The molecule has 0 radical (unpaired) electrons. The number of nitrogens with zero attached hydrogens (tertiary/aromatic N) is 2. The van der Waals surface area contributed by atoms with Crippen molar-refractivity contribution in [1.29, 1.82) is 0 Å². The summed E-state index contributed by atoms with van der Waals surface area (Å²) >= 11 is 0. The maximum absolute atomic E-state index is 12.5. The van der Waals surface area contributed by atoms with Crippen LogP contribution in [0.1, 0.15) is 35.7 Å². The first kappa shape index (κ1) is 19.2. The van der Waals surface area contributed by atoms with Crippen molar-refractivity contribution in [1.82, 2.24) is 9.88 Å². The molecule has 0 spiro atoms. The molecule has 1 saturated heterocycles. The molecule has 2 N–H and O–H groups in total. The van der Waals surface area contributed by atoms with Crippen LogP contribution in [0.3, 0.4) is 0 Å². The van der Waals surface area contributed by atoms with E-state index in [-0.39, 0.29) is 36.8 Å². The van der Waals surface area contributed by atoms with E-state index in [9.17, 15) is 4.79 Å². The van der Waals surface area contributed by atoms with Gasteiger partial charge in [0.15, 0.2) is 0 Å². The van der Waals surface area contributed by atoms with E-state index in [1.807, 2.05) is 17.9 Å². The Hall–Kier alpha value is -0.840. The summed E-state index contributed by atoms with van der Waals surface area (Å²) in [6.07, 6.45) is 5.43. The smallest absolute Gasteiger partial charge is 0.255 e. The Labute approximate surface area is 132 Å². The van der Waals surface area contributed by atoms with E-state index in [1.54, 1.807) is 12.4 Å². The van der Waals surface area contributed by atoms with Crippen LogP contribution < -0.4 is 5.73 Å². The van der Waals surface area contributed by atoms with E-state index >= 15 is 0 Å². The highest BCUT2D eigenvalue weighted by molar-refractivity contribution is 5.95. The summed E-state index contributed by atoms with van der Waals surface area (Å²) in [6.45, 7) is 5.50. The Morgan fingerprint density at radius 2 is 2.20 bits per heavy atom. The largest absolute Gasteiger partial charge is 0.334 e. The number of halogens is 2. The predicted octanol–water partition coefficient (Wildman–Crippen LogP) is 2.43. The average Bonchev–Trinajstić information content (AvgIpc) is 2.38. The number of likely N-dealkylation sites (tertiary alicyclic amines) is 1. The number of aromatic nitrogens is 1. The fourth-order valence-electron chi connectivity index (χ4n) is 2.59. The van der Waals surface area contributed by atoms with Crippen LogP contribution in [0.2, 0.25) is 0 Å². The highest BCUT2D eigenvalue weighted by Gasteiger charge is 2.30. The van der Waals surface area contributed by atoms with Gasteiger partial charge in [-0.25, -0.2) is 0 Å². The fraction of sp³-hybridized carbons (Fsp3) is 0.571. The zero-order valence-corrected chi connectivity index (χ0v) is 13.5. The molecule has 1 aliphatic heterocycles. The number of hydrogen-bond donors (Lipinski definition) is 1. The topological polar surface area (TPSA) is 59.2 Å². The van der Waals surface area contributed by atoms with Gasteiger partial charge in [0.25, 0.3) is 5.91 Å². The lowest BCUT2D eigenvalue weighted by Gasteiger charge is -2.38. The van der Waals surface area contributed by atoms with Crippen molar-refractivity contribution in [2.45, 2.75) is 32.7 Å². The summed E-state index contributed by atoms with van der Waals surface area (Å²) in [4.78, 5) is 18.5. The Balaban J connectivity index is 0.00000180. The number of aryl methyl sites for hydroxylation is 1. The molecule has 0 aliphatic carbocycles. The SMILES string of the molecule is Cc1ccncc1C(=O)N1CCC(C)CC1CN.Cl.Cl. The third kappa shape index (κ3) is 4.08. The molecule has 4 nitrogen and oxygen atoms in total. The number of carbonyl (C=O) groups is 1. The predicted molar refractivity (Wildman–Crippen MR) is 85.7 cm³/mol. The first-order valence-corrected chi connectivity index (χ1v) is 6.55. The summed E-state index contributed by atoms with van der Waals surface area (Å²) in [6, 6.07) is 2.04. The minimum absolute atomic E-state index is 0. The van der Waals surface area contributed by atoms with Gasteiger partial charge >= 0.3 is 0 Å². The molecular formula is C14H23Cl2N3O. The summed E-state index contributed by atoms with van der Waals surface area (Å²) in [7, 11) is 0. The molecule has 1 amide bonds.